The highest BCUT2D eigenvalue weighted by Crippen LogP contribution is 2.08. The third-order valence-corrected chi connectivity index (χ3v) is 2.43. The molecule has 1 aromatic rings. The predicted molar refractivity (Wildman–Crippen MR) is 64.1 cm³/mol. The number of ether oxygens (including phenoxy) is 1. The maximum Gasteiger partial charge on any atom is 0.126 e. The normalized spacial score (nSPS) is 12.7. The van der Waals surface area contributed by atoms with Gasteiger partial charge >= 0.3 is 0 Å². The predicted octanol–water partition coefficient (Wildman–Crippen LogP) is 2.38. The van der Waals surface area contributed by atoms with E-state index in [-0.39, 0.29) is 11.9 Å². The van der Waals surface area contributed by atoms with Gasteiger partial charge in [-0.2, -0.15) is 0 Å². The third-order valence-electron chi connectivity index (χ3n) is 2.43. The number of rotatable bonds is 7. The highest BCUT2D eigenvalue weighted by atomic mass is 19.1. The Morgan fingerprint density at radius 3 is 2.81 bits per heavy atom. The first-order valence-electron chi connectivity index (χ1n) is 5.78. The second-order valence-electron chi connectivity index (χ2n) is 3.85. The molecule has 0 aliphatic heterocycles. The van der Waals surface area contributed by atoms with Crippen molar-refractivity contribution in [3.63, 3.8) is 0 Å². The molecule has 1 rings (SSSR count). The van der Waals surface area contributed by atoms with E-state index in [1.807, 2.05) is 19.1 Å². The molecule has 1 N–H and O–H groups in total. The Morgan fingerprint density at radius 1 is 1.38 bits per heavy atom. The first-order valence-corrected chi connectivity index (χ1v) is 5.78. The minimum Gasteiger partial charge on any atom is -0.380 e. The molecule has 0 bridgehead atoms. The first kappa shape index (κ1) is 13.1. The summed E-state index contributed by atoms with van der Waals surface area (Å²) in [7, 11) is 0. The summed E-state index contributed by atoms with van der Waals surface area (Å²) in [4.78, 5) is 0. The monoisotopic (exact) mass is 225 g/mol. The molecule has 2 nitrogen and oxygen atoms in total. The highest BCUT2D eigenvalue weighted by Gasteiger charge is 2.06. The van der Waals surface area contributed by atoms with E-state index in [2.05, 4.69) is 12.2 Å². The van der Waals surface area contributed by atoms with Crippen molar-refractivity contribution in [1.29, 1.82) is 0 Å². The average Bonchev–Trinajstić information content (AvgIpc) is 2.28. The summed E-state index contributed by atoms with van der Waals surface area (Å²) in [6, 6.07) is 7.17. The molecular weight excluding hydrogens is 205 g/mol. The molecule has 0 saturated carbocycles. The van der Waals surface area contributed by atoms with Gasteiger partial charge in [-0.1, -0.05) is 18.2 Å². The van der Waals surface area contributed by atoms with Crippen LogP contribution in [0.5, 0.6) is 0 Å². The molecule has 0 saturated heterocycles. The summed E-state index contributed by atoms with van der Waals surface area (Å²) in [5.41, 5.74) is 0.763. The van der Waals surface area contributed by atoms with Gasteiger partial charge < -0.3 is 10.1 Å². The molecule has 0 fully saturated rings. The smallest absolute Gasteiger partial charge is 0.126 e. The van der Waals surface area contributed by atoms with Crippen LogP contribution in [0.4, 0.5) is 4.39 Å². The van der Waals surface area contributed by atoms with Gasteiger partial charge in [0, 0.05) is 19.2 Å². The molecule has 3 heteroatoms. The van der Waals surface area contributed by atoms with Crippen LogP contribution in [0.25, 0.3) is 0 Å². The average molecular weight is 225 g/mol. The maximum atomic E-state index is 13.3. The summed E-state index contributed by atoms with van der Waals surface area (Å²) in [6.07, 6.45) is 0.707. The summed E-state index contributed by atoms with van der Waals surface area (Å²) in [5.74, 6) is -0.124. The highest BCUT2D eigenvalue weighted by molar-refractivity contribution is 5.18. The van der Waals surface area contributed by atoms with Crippen LogP contribution in [-0.4, -0.2) is 25.8 Å². The van der Waals surface area contributed by atoms with E-state index in [1.54, 1.807) is 6.07 Å². The van der Waals surface area contributed by atoms with Crippen LogP contribution in [0.2, 0.25) is 0 Å². The lowest BCUT2D eigenvalue weighted by molar-refractivity contribution is 0.147. The Hall–Kier alpha value is -0.930. The Bertz CT molecular complexity index is 304. The van der Waals surface area contributed by atoms with Gasteiger partial charge in [0.2, 0.25) is 0 Å². The number of benzene rings is 1. The molecule has 0 aromatic heterocycles. The van der Waals surface area contributed by atoms with E-state index in [9.17, 15) is 4.39 Å². The zero-order valence-electron chi connectivity index (χ0n) is 10.0. The molecule has 0 aliphatic rings. The van der Waals surface area contributed by atoms with Gasteiger partial charge in [-0.3, -0.25) is 0 Å². The minimum atomic E-state index is -0.124. The van der Waals surface area contributed by atoms with E-state index in [0.29, 0.717) is 13.0 Å². The van der Waals surface area contributed by atoms with Crippen LogP contribution in [0.1, 0.15) is 19.4 Å². The van der Waals surface area contributed by atoms with Gasteiger partial charge in [-0.25, -0.2) is 4.39 Å². The molecule has 0 aliphatic carbocycles. The van der Waals surface area contributed by atoms with Crippen molar-refractivity contribution >= 4 is 0 Å². The van der Waals surface area contributed by atoms with Crippen LogP contribution in [-0.2, 0) is 11.2 Å². The quantitative estimate of drug-likeness (QED) is 0.719. The molecule has 90 valence electrons. The number of nitrogens with one attached hydrogen (secondary N) is 1. The molecule has 0 amide bonds. The molecule has 1 aromatic carbocycles. The van der Waals surface area contributed by atoms with Crippen LogP contribution >= 0.6 is 0 Å². The fourth-order valence-electron chi connectivity index (χ4n) is 1.59. The molecular formula is C13H20FNO. The van der Waals surface area contributed by atoms with E-state index >= 15 is 0 Å². The summed E-state index contributed by atoms with van der Waals surface area (Å²) in [5, 5.41) is 3.30. The molecule has 16 heavy (non-hydrogen) atoms. The number of hydrogen-bond donors (Lipinski definition) is 1. The summed E-state index contributed by atoms with van der Waals surface area (Å²) < 4.78 is 18.6. The standard InChI is InChI=1S/C13H20FNO/c1-3-16-9-8-15-11(2)10-12-6-4-5-7-13(12)14/h4-7,11,15H,3,8-10H2,1-2H3. The van der Waals surface area contributed by atoms with E-state index < -0.39 is 0 Å². The van der Waals surface area contributed by atoms with E-state index in [0.717, 1.165) is 18.7 Å². The van der Waals surface area contributed by atoms with Gasteiger partial charge in [0.1, 0.15) is 5.82 Å². The Balaban J connectivity index is 2.28. The van der Waals surface area contributed by atoms with Crippen molar-refractivity contribution in [3.05, 3.63) is 35.6 Å². The SMILES string of the molecule is CCOCCNC(C)Cc1ccccc1F. The summed E-state index contributed by atoms with van der Waals surface area (Å²) >= 11 is 0. The molecule has 1 unspecified atom stereocenters. The fourth-order valence-corrected chi connectivity index (χ4v) is 1.59. The second kappa shape index (κ2) is 7.36. The van der Waals surface area contributed by atoms with Crippen molar-refractivity contribution in [1.82, 2.24) is 5.32 Å². The topological polar surface area (TPSA) is 21.3 Å². The first-order chi connectivity index (χ1) is 7.74. The lowest BCUT2D eigenvalue weighted by Crippen LogP contribution is -2.31. The second-order valence-corrected chi connectivity index (χ2v) is 3.85. The fraction of sp³-hybridized carbons (Fsp3) is 0.538. The van der Waals surface area contributed by atoms with Crippen LogP contribution in [0, 0.1) is 5.82 Å². The van der Waals surface area contributed by atoms with E-state index in [1.165, 1.54) is 6.07 Å². The molecule has 0 spiro atoms. The Kier molecular flexibility index (Phi) is 6.04. The molecule has 0 heterocycles. The largest absolute Gasteiger partial charge is 0.380 e. The number of hydrogen-bond acceptors (Lipinski definition) is 2. The maximum absolute atomic E-state index is 13.3. The van der Waals surface area contributed by atoms with Crippen molar-refractivity contribution in [2.24, 2.45) is 0 Å². The summed E-state index contributed by atoms with van der Waals surface area (Å²) in [6.45, 7) is 6.28. The van der Waals surface area contributed by atoms with Crippen LogP contribution in [0.15, 0.2) is 24.3 Å². The minimum absolute atomic E-state index is 0.124. The van der Waals surface area contributed by atoms with Crippen molar-refractivity contribution in [3.8, 4) is 0 Å². The third kappa shape index (κ3) is 4.73. The van der Waals surface area contributed by atoms with Crippen LogP contribution in [0.3, 0.4) is 0 Å². The lowest BCUT2D eigenvalue weighted by Gasteiger charge is -2.14. The lowest BCUT2D eigenvalue weighted by atomic mass is 10.1. The van der Waals surface area contributed by atoms with Crippen LogP contribution < -0.4 is 5.32 Å². The Labute approximate surface area is 96.8 Å². The van der Waals surface area contributed by atoms with Crippen molar-refractivity contribution < 1.29 is 9.13 Å². The number of halogens is 1. The molecule has 1 atom stereocenters. The van der Waals surface area contributed by atoms with Gasteiger partial charge in [0.25, 0.3) is 0 Å². The zero-order chi connectivity index (χ0) is 11.8. The molecule has 0 radical (unpaired) electrons. The van der Waals surface area contributed by atoms with E-state index in [4.69, 9.17) is 4.74 Å². The van der Waals surface area contributed by atoms with Gasteiger partial charge in [-0.05, 0) is 31.9 Å². The van der Waals surface area contributed by atoms with Gasteiger partial charge in [0.05, 0.1) is 6.61 Å². The van der Waals surface area contributed by atoms with Crippen molar-refractivity contribution in [2.45, 2.75) is 26.3 Å². The zero-order valence-corrected chi connectivity index (χ0v) is 10.0. The Morgan fingerprint density at radius 2 is 2.12 bits per heavy atom. The van der Waals surface area contributed by atoms with Gasteiger partial charge in [-0.15, -0.1) is 0 Å². The van der Waals surface area contributed by atoms with Crippen molar-refractivity contribution in [2.75, 3.05) is 19.8 Å². The van der Waals surface area contributed by atoms with Gasteiger partial charge in [0.15, 0.2) is 0 Å².